The van der Waals surface area contributed by atoms with E-state index in [9.17, 15) is 9.90 Å². The molecule has 1 heterocycles. The molecule has 0 spiro atoms. The Kier molecular flexibility index (Phi) is 1.94. The lowest BCUT2D eigenvalue weighted by atomic mass is 9.92. The van der Waals surface area contributed by atoms with Gasteiger partial charge in [-0.15, -0.1) is 0 Å². The number of aliphatic hydroxyl groups is 1. The zero-order chi connectivity index (χ0) is 7.72. The molecule has 1 saturated heterocycles. The first kappa shape index (κ1) is 7.54. The van der Waals surface area contributed by atoms with E-state index >= 15 is 0 Å². The second-order valence-electron chi connectivity index (χ2n) is 2.89. The summed E-state index contributed by atoms with van der Waals surface area (Å²) in [6, 6.07) is 0. The Hall–Kier alpha value is -0.570. The number of cyclic esters (lactones) is 1. The Morgan fingerprint density at radius 2 is 2.20 bits per heavy atom. The fourth-order valence-electron chi connectivity index (χ4n) is 1.08. The largest absolute Gasteiger partial charge is 0.465 e. The number of ether oxygens (including phenoxy) is 1. The molecule has 1 aliphatic heterocycles. The van der Waals surface area contributed by atoms with Crippen molar-refractivity contribution in [2.24, 2.45) is 11.8 Å². The maximum atomic E-state index is 10.8. The highest BCUT2D eigenvalue weighted by Gasteiger charge is 2.33. The summed E-state index contributed by atoms with van der Waals surface area (Å²) in [6.07, 6.45) is -0.527. The second-order valence-corrected chi connectivity index (χ2v) is 2.89. The second kappa shape index (κ2) is 2.58. The normalized spacial score (nSPS) is 41.1. The van der Waals surface area contributed by atoms with Crippen LogP contribution in [0.15, 0.2) is 0 Å². The lowest BCUT2D eigenvalue weighted by Gasteiger charge is -2.28. The highest BCUT2D eigenvalue weighted by atomic mass is 16.5. The van der Waals surface area contributed by atoms with Crippen LogP contribution in [0.1, 0.15) is 13.8 Å². The molecule has 3 atom stereocenters. The molecule has 0 aromatic heterocycles. The summed E-state index contributed by atoms with van der Waals surface area (Å²) in [4.78, 5) is 10.8. The summed E-state index contributed by atoms with van der Waals surface area (Å²) in [5.41, 5.74) is 0. The quantitative estimate of drug-likeness (QED) is 0.493. The van der Waals surface area contributed by atoms with Gasteiger partial charge >= 0.3 is 5.97 Å². The third-order valence-corrected chi connectivity index (χ3v) is 1.96. The highest BCUT2D eigenvalue weighted by Crippen LogP contribution is 2.20. The van der Waals surface area contributed by atoms with Crippen molar-refractivity contribution in [1.82, 2.24) is 0 Å². The Bertz CT molecular complexity index is 144. The fraction of sp³-hybridized carbons (Fsp3) is 0.857. The Labute approximate surface area is 60.0 Å². The summed E-state index contributed by atoms with van der Waals surface area (Å²) in [7, 11) is 0. The van der Waals surface area contributed by atoms with E-state index in [4.69, 9.17) is 4.74 Å². The molecule has 1 aliphatic rings. The van der Waals surface area contributed by atoms with Gasteiger partial charge in [-0.3, -0.25) is 4.79 Å². The summed E-state index contributed by atoms with van der Waals surface area (Å²) >= 11 is 0. The topological polar surface area (TPSA) is 46.5 Å². The van der Waals surface area contributed by atoms with Crippen LogP contribution in [0.3, 0.4) is 0 Å². The van der Waals surface area contributed by atoms with Crippen molar-refractivity contribution in [3.63, 3.8) is 0 Å². The average molecular weight is 144 g/mol. The first-order valence-electron chi connectivity index (χ1n) is 3.47. The average Bonchev–Trinajstić information content (AvgIpc) is 1.93. The van der Waals surface area contributed by atoms with Crippen molar-refractivity contribution in [2.75, 3.05) is 6.61 Å². The maximum absolute atomic E-state index is 10.8. The fourth-order valence-corrected chi connectivity index (χ4v) is 1.08. The van der Waals surface area contributed by atoms with Gasteiger partial charge < -0.3 is 9.84 Å². The van der Waals surface area contributed by atoms with E-state index in [1.165, 1.54) is 0 Å². The maximum Gasteiger partial charge on any atom is 0.311 e. The lowest BCUT2D eigenvalue weighted by molar-refractivity contribution is -0.164. The molecule has 0 aliphatic carbocycles. The highest BCUT2D eigenvalue weighted by molar-refractivity contribution is 5.73. The van der Waals surface area contributed by atoms with Gasteiger partial charge in [0, 0.05) is 5.92 Å². The summed E-state index contributed by atoms with van der Waals surface area (Å²) in [6.45, 7) is 3.90. The molecule has 1 fully saturated rings. The van der Waals surface area contributed by atoms with Gasteiger partial charge in [0.2, 0.25) is 0 Å². The van der Waals surface area contributed by atoms with E-state index in [-0.39, 0.29) is 17.8 Å². The number of hydrogen-bond acceptors (Lipinski definition) is 3. The Morgan fingerprint density at radius 3 is 2.70 bits per heavy atom. The molecule has 0 amide bonds. The van der Waals surface area contributed by atoms with Crippen LogP contribution in [-0.2, 0) is 9.53 Å². The van der Waals surface area contributed by atoms with E-state index in [1.54, 1.807) is 6.92 Å². The third-order valence-electron chi connectivity index (χ3n) is 1.96. The SMILES string of the molecule is CC1C(=O)OC[C@H](C)C1O. The Morgan fingerprint density at radius 1 is 1.60 bits per heavy atom. The minimum Gasteiger partial charge on any atom is -0.465 e. The van der Waals surface area contributed by atoms with Crippen LogP contribution >= 0.6 is 0 Å². The smallest absolute Gasteiger partial charge is 0.311 e. The van der Waals surface area contributed by atoms with Gasteiger partial charge in [0.1, 0.15) is 0 Å². The molecule has 3 nitrogen and oxygen atoms in total. The van der Waals surface area contributed by atoms with Crippen LogP contribution in [0.4, 0.5) is 0 Å². The number of rotatable bonds is 0. The van der Waals surface area contributed by atoms with E-state index in [0.717, 1.165) is 0 Å². The summed E-state index contributed by atoms with van der Waals surface area (Å²) in [5, 5.41) is 9.32. The summed E-state index contributed by atoms with van der Waals surface area (Å²) < 4.78 is 4.77. The molecule has 2 unspecified atom stereocenters. The molecule has 10 heavy (non-hydrogen) atoms. The van der Waals surface area contributed by atoms with Gasteiger partial charge in [0.25, 0.3) is 0 Å². The van der Waals surface area contributed by atoms with Crippen LogP contribution in [0, 0.1) is 11.8 Å². The molecular formula is C7H12O3. The molecule has 0 bridgehead atoms. The number of aliphatic hydroxyl groups excluding tert-OH is 1. The Balaban J connectivity index is 2.60. The predicted octanol–water partition coefficient (Wildman–Crippen LogP) is 0.176. The van der Waals surface area contributed by atoms with Crippen LogP contribution in [0.5, 0.6) is 0 Å². The molecule has 0 aromatic carbocycles. The number of carbonyl (C=O) groups is 1. The molecule has 58 valence electrons. The van der Waals surface area contributed by atoms with Crippen LogP contribution in [0.25, 0.3) is 0 Å². The van der Waals surface area contributed by atoms with Gasteiger partial charge in [0.05, 0.1) is 18.6 Å². The van der Waals surface area contributed by atoms with Crippen LogP contribution < -0.4 is 0 Å². The van der Waals surface area contributed by atoms with Crippen molar-refractivity contribution in [1.29, 1.82) is 0 Å². The molecule has 1 rings (SSSR count). The zero-order valence-electron chi connectivity index (χ0n) is 6.20. The first-order chi connectivity index (χ1) is 4.63. The standard InChI is InChI=1S/C7H12O3/c1-4-3-10-7(9)5(2)6(4)8/h4-6,8H,3H2,1-2H3/t4-,5?,6?/m0/s1. The van der Waals surface area contributed by atoms with Crippen LogP contribution in [0.2, 0.25) is 0 Å². The lowest BCUT2D eigenvalue weighted by Crippen LogP contribution is -2.40. The molecule has 0 saturated carbocycles. The summed E-state index contributed by atoms with van der Waals surface area (Å²) in [5.74, 6) is -0.568. The number of carbonyl (C=O) groups excluding carboxylic acids is 1. The van der Waals surface area contributed by atoms with Crippen molar-refractivity contribution in [3.05, 3.63) is 0 Å². The molecule has 0 aromatic rings. The number of esters is 1. The molecule has 3 heteroatoms. The number of hydrogen-bond donors (Lipinski definition) is 1. The van der Waals surface area contributed by atoms with Gasteiger partial charge in [-0.1, -0.05) is 6.92 Å². The van der Waals surface area contributed by atoms with Crippen molar-refractivity contribution < 1.29 is 14.6 Å². The van der Waals surface area contributed by atoms with Gasteiger partial charge in [-0.2, -0.15) is 0 Å². The predicted molar refractivity (Wildman–Crippen MR) is 35.3 cm³/mol. The monoisotopic (exact) mass is 144 g/mol. The zero-order valence-corrected chi connectivity index (χ0v) is 6.20. The van der Waals surface area contributed by atoms with Crippen molar-refractivity contribution >= 4 is 5.97 Å². The van der Waals surface area contributed by atoms with Crippen molar-refractivity contribution in [2.45, 2.75) is 20.0 Å². The van der Waals surface area contributed by atoms with E-state index in [1.807, 2.05) is 6.92 Å². The van der Waals surface area contributed by atoms with Crippen molar-refractivity contribution in [3.8, 4) is 0 Å². The van der Waals surface area contributed by atoms with Gasteiger partial charge in [-0.05, 0) is 6.92 Å². The molecule has 0 radical (unpaired) electrons. The minimum absolute atomic E-state index is 0.0766. The molecular weight excluding hydrogens is 132 g/mol. The minimum atomic E-state index is -0.527. The van der Waals surface area contributed by atoms with E-state index in [0.29, 0.717) is 6.61 Å². The molecule has 1 N–H and O–H groups in total. The van der Waals surface area contributed by atoms with Gasteiger partial charge in [0.15, 0.2) is 0 Å². The van der Waals surface area contributed by atoms with E-state index in [2.05, 4.69) is 0 Å². The van der Waals surface area contributed by atoms with E-state index < -0.39 is 6.10 Å². The first-order valence-corrected chi connectivity index (χ1v) is 3.47. The third kappa shape index (κ3) is 1.14. The van der Waals surface area contributed by atoms with Gasteiger partial charge in [-0.25, -0.2) is 0 Å². The van der Waals surface area contributed by atoms with Crippen LogP contribution in [-0.4, -0.2) is 23.8 Å².